The topological polar surface area (TPSA) is 102 Å². The Hall–Kier alpha value is -2.71. The molecule has 0 spiro atoms. The second-order valence-corrected chi connectivity index (χ2v) is 8.23. The molecule has 0 bridgehead atoms. The maximum absolute atomic E-state index is 13.1. The molecule has 8 heteroatoms. The molecule has 1 aromatic heterocycles. The Labute approximate surface area is 176 Å². The average Bonchev–Trinajstić information content (AvgIpc) is 3.18. The first-order valence-corrected chi connectivity index (χ1v) is 10.6. The Morgan fingerprint density at radius 2 is 2.10 bits per heavy atom. The van der Waals surface area contributed by atoms with Crippen molar-refractivity contribution in [3.05, 3.63) is 52.8 Å². The number of benzene rings is 1. The molecule has 0 radical (unpaired) electrons. The molecule has 2 aliphatic heterocycles. The van der Waals surface area contributed by atoms with Crippen LogP contribution < -0.4 is 5.32 Å². The highest BCUT2D eigenvalue weighted by Crippen LogP contribution is 2.27. The Morgan fingerprint density at radius 1 is 1.30 bits per heavy atom. The number of β-amino-alcohol motifs (C(OH)–C–C–N with tert-alkyl or cyclic N) is 1. The molecule has 0 saturated carbocycles. The van der Waals surface area contributed by atoms with Crippen LogP contribution in [0.15, 0.2) is 30.3 Å². The summed E-state index contributed by atoms with van der Waals surface area (Å²) in [6, 6.07) is 10.1. The number of piperidine rings is 1. The number of likely N-dealkylation sites (tertiary alicyclic amines) is 1. The number of aliphatic hydroxyl groups is 1. The fraction of sp³-hybridized carbons (Fsp3) is 0.500. The zero-order valence-electron chi connectivity index (χ0n) is 17.4. The summed E-state index contributed by atoms with van der Waals surface area (Å²) in [6.07, 6.45) is 2.73. The van der Waals surface area contributed by atoms with Gasteiger partial charge in [0.05, 0.1) is 0 Å². The van der Waals surface area contributed by atoms with Crippen LogP contribution in [0.25, 0.3) is 0 Å². The second-order valence-electron chi connectivity index (χ2n) is 8.23. The van der Waals surface area contributed by atoms with Crippen LogP contribution >= 0.6 is 0 Å². The number of aromatic nitrogens is 2. The summed E-state index contributed by atoms with van der Waals surface area (Å²) in [5.41, 5.74) is 2.00. The Balaban J connectivity index is 1.41. The van der Waals surface area contributed by atoms with Gasteiger partial charge in [0.15, 0.2) is 11.3 Å². The summed E-state index contributed by atoms with van der Waals surface area (Å²) in [4.78, 5) is 29.0. The van der Waals surface area contributed by atoms with E-state index >= 15 is 0 Å². The van der Waals surface area contributed by atoms with E-state index in [9.17, 15) is 14.7 Å². The minimum absolute atomic E-state index is 0.186. The summed E-state index contributed by atoms with van der Waals surface area (Å²) >= 11 is 0. The molecule has 2 aromatic rings. The Morgan fingerprint density at radius 3 is 2.87 bits per heavy atom. The molecule has 30 heavy (non-hydrogen) atoms. The van der Waals surface area contributed by atoms with Crippen molar-refractivity contribution >= 4 is 11.8 Å². The van der Waals surface area contributed by atoms with Gasteiger partial charge in [-0.15, -0.1) is 0 Å². The van der Waals surface area contributed by atoms with Crippen LogP contribution in [0.4, 0.5) is 0 Å². The van der Waals surface area contributed by atoms with Crippen LogP contribution in [-0.4, -0.2) is 75.7 Å². The summed E-state index contributed by atoms with van der Waals surface area (Å²) in [5, 5.41) is 21.0. The van der Waals surface area contributed by atoms with E-state index in [1.54, 1.807) is 11.9 Å². The highest BCUT2D eigenvalue weighted by molar-refractivity contribution is 5.93. The Bertz CT molecular complexity index is 913. The van der Waals surface area contributed by atoms with Gasteiger partial charge in [0, 0.05) is 57.4 Å². The number of H-pyrrole nitrogens is 1. The van der Waals surface area contributed by atoms with Crippen LogP contribution in [0.5, 0.6) is 0 Å². The molecule has 2 aliphatic rings. The highest BCUT2D eigenvalue weighted by Gasteiger charge is 2.43. The number of rotatable bonds is 6. The molecule has 1 unspecified atom stereocenters. The fourth-order valence-electron chi connectivity index (χ4n) is 4.50. The van der Waals surface area contributed by atoms with Crippen molar-refractivity contribution in [1.82, 2.24) is 25.3 Å². The van der Waals surface area contributed by atoms with Crippen molar-refractivity contribution < 1.29 is 14.7 Å². The molecule has 1 saturated heterocycles. The summed E-state index contributed by atoms with van der Waals surface area (Å²) in [6.45, 7) is 2.76. The number of hydrogen-bond donors (Lipinski definition) is 3. The highest BCUT2D eigenvalue weighted by atomic mass is 16.3. The molecule has 8 nitrogen and oxygen atoms in total. The first-order valence-electron chi connectivity index (χ1n) is 10.6. The number of hydrogen-bond acceptors (Lipinski definition) is 5. The second kappa shape index (κ2) is 8.57. The van der Waals surface area contributed by atoms with Crippen LogP contribution in [-0.2, 0) is 24.2 Å². The van der Waals surface area contributed by atoms with Crippen LogP contribution in [0.1, 0.15) is 40.2 Å². The smallest absolute Gasteiger partial charge is 0.271 e. The first kappa shape index (κ1) is 20.6. The lowest BCUT2D eigenvalue weighted by molar-refractivity contribution is -0.159. The maximum Gasteiger partial charge on any atom is 0.271 e. The van der Waals surface area contributed by atoms with E-state index in [2.05, 4.69) is 32.5 Å². The normalized spacial score (nSPS) is 22.1. The first-order chi connectivity index (χ1) is 14.5. The van der Waals surface area contributed by atoms with E-state index in [4.69, 9.17) is 0 Å². The molecular formula is C22H29N5O3. The molecule has 160 valence electrons. The van der Waals surface area contributed by atoms with E-state index < -0.39 is 5.60 Å². The van der Waals surface area contributed by atoms with Crippen molar-refractivity contribution in [3.8, 4) is 0 Å². The van der Waals surface area contributed by atoms with Gasteiger partial charge in [-0.2, -0.15) is 5.10 Å². The minimum atomic E-state index is -1.39. The number of nitrogens with one attached hydrogen (secondary N) is 2. The monoisotopic (exact) mass is 411 g/mol. The van der Waals surface area contributed by atoms with E-state index in [-0.39, 0.29) is 18.4 Å². The zero-order chi connectivity index (χ0) is 21.1. The molecule has 4 rings (SSSR count). The van der Waals surface area contributed by atoms with Gasteiger partial charge in [0.1, 0.15) is 0 Å². The van der Waals surface area contributed by atoms with Gasteiger partial charge in [-0.1, -0.05) is 30.3 Å². The quantitative estimate of drug-likeness (QED) is 0.650. The van der Waals surface area contributed by atoms with Gasteiger partial charge in [-0.3, -0.25) is 19.6 Å². The number of aromatic amines is 1. The number of nitrogens with zero attached hydrogens (tertiary/aromatic N) is 3. The van der Waals surface area contributed by atoms with Gasteiger partial charge in [0.2, 0.25) is 0 Å². The van der Waals surface area contributed by atoms with Crippen molar-refractivity contribution in [1.29, 1.82) is 0 Å². The van der Waals surface area contributed by atoms with Gasteiger partial charge in [-0.25, -0.2) is 0 Å². The van der Waals surface area contributed by atoms with Gasteiger partial charge < -0.3 is 15.3 Å². The van der Waals surface area contributed by atoms with Crippen LogP contribution in [0.3, 0.4) is 0 Å². The third-order valence-corrected chi connectivity index (χ3v) is 6.16. The molecule has 2 amide bonds. The maximum atomic E-state index is 13.1. The third kappa shape index (κ3) is 4.11. The van der Waals surface area contributed by atoms with Crippen molar-refractivity contribution in [2.24, 2.45) is 0 Å². The third-order valence-electron chi connectivity index (χ3n) is 6.16. The molecule has 3 heterocycles. The number of carbonyl (C=O) groups is 2. The Kier molecular flexibility index (Phi) is 5.87. The van der Waals surface area contributed by atoms with E-state index in [0.29, 0.717) is 44.7 Å². The lowest BCUT2D eigenvalue weighted by atomic mass is 9.90. The molecular weight excluding hydrogens is 382 g/mol. The van der Waals surface area contributed by atoms with E-state index in [0.717, 1.165) is 24.1 Å². The molecule has 3 N–H and O–H groups in total. The van der Waals surface area contributed by atoms with E-state index in [1.807, 2.05) is 18.2 Å². The molecule has 1 fully saturated rings. The number of carbonyl (C=O) groups excluding carboxylic acids is 2. The van der Waals surface area contributed by atoms with Crippen LogP contribution in [0, 0.1) is 0 Å². The lowest BCUT2D eigenvalue weighted by Gasteiger charge is -2.41. The molecule has 0 aliphatic carbocycles. The largest absolute Gasteiger partial charge is 0.379 e. The summed E-state index contributed by atoms with van der Waals surface area (Å²) in [7, 11) is 1.58. The van der Waals surface area contributed by atoms with Gasteiger partial charge in [0.25, 0.3) is 11.8 Å². The van der Waals surface area contributed by atoms with Gasteiger partial charge in [-0.05, 0) is 24.8 Å². The van der Waals surface area contributed by atoms with E-state index in [1.165, 1.54) is 5.56 Å². The summed E-state index contributed by atoms with van der Waals surface area (Å²) in [5.74, 6) is -0.414. The van der Waals surface area contributed by atoms with Crippen molar-refractivity contribution in [2.45, 2.75) is 37.8 Å². The standard InChI is InChI=1S/C22H29N5O3/c1-23-20(28)19-17-14-26(12-9-18(17)24-25-19)15-22(30)10-5-11-27(21(22)29)13-8-16-6-3-2-4-7-16/h2-4,6-7,30H,5,8-15H2,1H3,(H,23,28)(H,24,25). The predicted molar refractivity (Wildman–Crippen MR) is 112 cm³/mol. The van der Waals surface area contributed by atoms with Crippen molar-refractivity contribution in [2.75, 3.05) is 33.2 Å². The average molecular weight is 412 g/mol. The van der Waals surface area contributed by atoms with Gasteiger partial charge >= 0.3 is 0 Å². The lowest BCUT2D eigenvalue weighted by Crippen LogP contribution is -2.59. The predicted octanol–water partition coefficient (Wildman–Crippen LogP) is 0.724. The van der Waals surface area contributed by atoms with Crippen molar-refractivity contribution in [3.63, 3.8) is 0 Å². The SMILES string of the molecule is CNC(=O)c1n[nH]c2c1CN(CC1(O)CCCN(CCc3ccccc3)C1=O)CC2. The molecule has 1 aromatic carbocycles. The fourth-order valence-corrected chi connectivity index (χ4v) is 4.50. The molecule has 1 atom stereocenters. The minimum Gasteiger partial charge on any atom is -0.379 e. The number of amides is 2. The number of fused-ring (bicyclic) bond motifs is 1. The van der Waals surface area contributed by atoms with Crippen LogP contribution in [0.2, 0.25) is 0 Å². The summed E-state index contributed by atoms with van der Waals surface area (Å²) < 4.78 is 0. The zero-order valence-corrected chi connectivity index (χ0v) is 17.4.